The first-order valence-electron chi connectivity index (χ1n) is 6.08. The molecule has 7 nitrogen and oxygen atoms in total. The molecule has 1 aliphatic heterocycles. The van der Waals surface area contributed by atoms with Gasteiger partial charge in [0.2, 0.25) is 11.9 Å². The van der Waals surface area contributed by atoms with E-state index < -0.39 is 0 Å². The summed E-state index contributed by atoms with van der Waals surface area (Å²) in [4.78, 5) is 16.9. The molecule has 2 heterocycles. The highest BCUT2D eigenvalue weighted by Crippen LogP contribution is 2.19. The lowest BCUT2D eigenvalue weighted by Gasteiger charge is -2.31. The van der Waals surface area contributed by atoms with Crippen LogP contribution in [-0.4, -0.2) is 60.3 Å². The minimum atomic E-state index is 0.123. The third-order valence-electron chi connectivity index (χ3n) is 3.03. The largest absolute Gasteiger partial charge is 0.379 e. The van der Waals surface area contributed by atoms with Crippen LogP contribution in [0, 0.1) is 0 Å². The van der Waals surface area contributed by atoms with E-state index in [9.17, 15) is 0 Å². The second-order valence-electron chi connectivity index (χ2n) is 4.57. The van der Waals surface area contributed by atoms with Gasteiger partial charge < -0.3 is 15.4 Å². The third-order valence-corrected chi connectivity index (χ3v) is 3.03. The Morgan fingerprint density at radius 3 is 2.50 bits per heavy atom. The molecule has 0 aromatic carbocycles. The highest BCUT2D eigenvalue weighted by atomic mass is 16.5. The Kier molecular flexibility index (Phi) is 3.93. The van der Waals surface area contributed by atoms with E-state index in [4.69, 9.17) is 10.5 Å². The van der Waals surface area contributed by atoms with Crippen LogP contribution in [0.3, 0.4) is 0 Å². The van der Waals surface area contributed by atoms with Crippen molar-refractivity contribution in [2.75, 3.05) is 51.0 Å². The summed E-state index contributed by atoms with van der Waals surface area (Å²) in [6, 6.07) is 0.123. The van der Waals surface area contributed by atoms with Crippen LogP contribution < -0.4 is 10.6 Å². The van der Waals surface area contributed by atoms with Gasteiger partial charge in [-0.15, -0.1) is 0 Å². The first-order chi connectivity index (χ1) is 8.58. The molecular weight excluding hydrogens is 232 g/mol. The van der Waals surface area contributed by atoms with E-state index >= 15 is 0 Å². The number of rotatable bonds is 3. The summed E-state index contributed by atoms with van der Waals surface area (Å²) >= 11 is 0. The Bertz CT molecular complexity index is 405. The molecule has 0 aliphatic carbocycles. The molecule has 0 amide bonds. The topological polar surface area (TPSA) is 80.4 Å². The van der Waals surface area contributed by atoms with Gasteiger partial charge >= 0.3 is 0 Å². The van der Waals surface area contributed by atoms with Gasteiger partial charge in [0.15, 0.2) is 5.82 Å². The minimum absolute atomic E-state index is 0.123. The zero-order valence-electron chi connectivity index (χ0n) is 11.1. The van der Waals surface area contributed by atoms with Crippen LogP contribution >= 0.6 is 0 Å². The summed E-state index contributed by atoms with van der Waals surface area (Å²) in [6.07, 6.45) is 0. The second kappa shape index (κ2) is 5.45. The zero-order chi connectivity index (χ0) is 13.1. The molecule has 0 bridgehead atoms. The molecule has 0 unspecified atom stereocenters. The molecule has 2 N–H and O–H groups in total. The van der Waals surface area contributed by atoms with Gasteiger partial charge in [0, 0.05) is 27.2 Å². The Balaban J connectivity index is 2.20. The molecule has 0 radical (unpaired) electrons. The van der Waals surface area contributed by atoms with E-state index in [0.29, 0.717) is 11.8 Å². The number of morpholine rings is 1. The summed E-state index contributed by atoms with van der Waals surface area (Å²) in [5, 5.41) is 0. The smallest absolute Gasteiger partial charge is 0.229 e. The van der Waals surface area contributed by atoms with Crippen molar-refractivity contribution in [2.24, 2.45) is 0 Å². The fraction of sp³-hybridized carbons (Fsp3) is 0.727. The Hall–Kier alpha value is -1.47. The quantitative estimate of drug-likeness (QED) is 0.805. The average molecular weight is 252 g/mol. The van der Waals surface area contributed by atoms with Crippen molar-refractivity contribution in [1.82, 2.24) is 19.9 Å². The van der Waals surface area contributed by atoms with E-state index in [1.54, 1.807) is 0 Å². The number of hydrogen-bond acceptors (Lipinski definition) is 7. The predicted octanol–water partition coefficient (Wildman–Crippen LogP) is -0.0870. The molecule has 1 saturated heterocycles. The van der Waals surface area contributed by atoms with Crippen molar-refractivity contribution >= 4 is 11.9 Å². The van der Waals surface area contributed by atoms with E-state index in [0.717, 1.165) is 26.3 Å². The Morgan fingerprint density at radius 2 is 1.89 bits per heavy atom. The summed E-state index contributed by atoms with van der Waals surface area (Å²) in [6.45, 7) is 5.38. The molecule has 1 atom stereocenters. The van der Waals surface area contributed by atoms with Gasteiger partial charge in [-0.05, 0) is 6.92 Å². The fourth-order valence-electron chi connectivity index (χ4n) is 1.91. The number of anilines is 2. The number of nitrogens with zero attached hydrogens (tertiary/aromatic N) is 5. The van der Waals surface area contributed by atoms with Crippen LogP contribution in [-0.2, 0) is 4.74 Å². The van der Waals surface area contributed by atoms with Crippen LogP contribution in [0.15, 0.2) is 0 Å². The van der Waals surface area contributed by atoms with Crippen molar-refractivity contribution in [3.8, 4) is 0 Å². The van der Waals surface area contributed by atoms with Gasteiger partial charge in [0.25, 0.3) is 0 Å². The van der Waals surface area contributed by atoms with Crippen molar-refractivity contribution < 1.29 is 4.74 Å². The Labute approximate surface area is 107 Å². The fourth-order valence-corrected chi connectivity index (χ4v) is 1.91. The zero-order valence-corrected chi connectivity index (χ0v) is 11.1. The van der Waals surface area contributed by atoms with E-state index in [-0.39, 0.29) is 12.0 Å². The molecule has 18 heavy (non-hydrogen) atoms. The molecule has 7 heteroatoms. The number of aromatic nitrogens is 3. The van der Waals surface area contributed by atoms with Crippen LogP contribution in [0.25, 0.3) is 0 Å². The molecule has 1 aromatic rings. The van der Waals surface area contributed by atoms with Crippen molar-refractivity contribution in [2.45, 2.75) is 13.0 Å². The van der Waals surface area contributed by atoms with Gasteiger partial charge in [-0.2, -0.15) is 15.0 Å². The normalized spacial score (nSPS) is 18.6. The van der Waals surface area contributed by atoms with Crippen LogP contribution in [0.2, 0.25) is 0 Å². The number of ether oxygens (including phenoxy) is 1. The lowest BCUT2D eigenvalue weighted by Crippen LogP contribution is -2.38. The van der Waals surface area contributed by atoms with E-state index in [2.05, 4.69) is 26.8 Å². The summed E-state index contributed by atoms with van der Waals surface area (Å²) < 4.78 is 5.34. The first-order valence-corrected chi connectivity index (χ1v) is 6.08. The summed E-state index contributed by atoms with van der Waals surface area (Å²) in [7, 11) is 3.77. The molecule has 1 fully saturated rings. The summed E-state index contributed by atoms with van der Waals surface area (Å²) in [5.74, 6) is 1.58. The molecule has 1 aliphatic rings. The monoisotopic (exact) mass is 252 g/mol. The molecule has 0 spiro atoms. The molecule has 1 aromatic heterocycles. The molecule has 2 rings (SSSR count). The lowest BCUT2D eigenvalue weighted by atomic mass is 10.2. The maximum atomic E-state index is 5.73. The maximum Gasteiger partial charge on any atom is 0.229 e. The van der Waals surface area contributed by atoms with Gasteiger partial charge in [-0.3, -0.25) is 4.90 Å². The van der Waals surface area contributed by atoms with Crippen LogP contribution in [0.5, 0.6) is 0 Å². The van der Waals surface area contributed by atoms with Gasteiger partial charge in [0.05, 0.1) is 19.3 Å². The van der Waals surface area contributed by atoms with Gasteiger partial charge in [-0.1, -0.05) is 0 Å². The molecule has 0 saturated carbocycles. The number of nitrogens with two attached hydrogens (primary N) is 1. The van der Waals surface area contributed by atoms with Gasteiger partial charge in [-0.25, -0.2) is 0 Å². The number of hydrogen-bond donors (Lipinski definition) is 1. The molecular formula is C11H20N6O. The van der Waals surface area contributed by atoms with Gasteiger partial charge in [0.1, 0.15) is 0 Å². The second-order valence-corrected chi connectivity index (χ2v) is 4.57. The van der Waals surface area contributed by atoms with Crippen molar-refractivity contribution in [1.29, 1.82) is 0 Å². The van der Waals surface area contributed by atoms with Crippen molar-refractivity contribution in [3.63, 3.8) is 0 Å². The Morgan fingerprint density at radius 1 is 1.22 bits per heavy atom. The van der Waals surface area contributed by atoms with Crippen LogP contribution in [0.4, 0.5) is 11.9 Å². The highest BCUT2D eigenvalue weighted by Gasteiger charge is 2.22. The standard InChI is InChI=1S/C11H20N6O/c1-8(17-4-6-18-7-5-17)9-13-10(12)15-11(14-9)16(2)3/h8H,4-7H2,1-3H3,(H2,12,13,14,15)/t8-/m1/s1. The maximum absolute atomic E-state index is 5.73. The first kappa shape index (κ1) is 13.0. The van der Waals surface area contributed by atoms with Crippen molar-refractivity contribution in [3.05, 3.63) is 5.82 Å². The third kappa shape index (κ3) is 2.85. The predicted molar refractivity (Wildman–Crippen MR) is 69.4 cm³/mol. The lowest BCUT2D eigenvalue weighted by molar-refractivity contribution is 0.0182. The van der Waals surface area contributed by atoms with E-state index in [1.807, 2.05) is 19.0 Å². The summed E-state index contributed by atoms with van der Waals surface area (Å²) in [5.41, 5.74) is 5.73. The average Bonchev–Trinajstić information content (AvgIpc) is 2.38. The SMILES string of the molecule is C[C@H](c1nc(N)nc(N(C)C)n1)N1CCOCC1. The molecule has 100 valence electrons. The number of nitrogen functional groups attached to an aromatic ring is 1. The van der Waals surface area contributed by atoms with Crippen LogP contribution in [0.1, 0.15) is 18.8 Å². The van der Waals surface area contributed by atoms with E-state index in [1.165, 1.54) is 0 Å². The highest BCUT2D eigenvalue weighted by molar-refractivity contribution is 5.33. The minimum Gasteiger partial charge on any atom is -0.379 e.